The van der Waals surface area contributed by atoms with Crippen molar-refractivity contribution in [1.29, 1.82) is 0 Å². The van der Waals surface area contributed by atoms with Gasteiger partial charge in [-0.15, -0.1) is 0 Å². The molecular formula is C13H12BrFO. The lowest BCUT2D eigenvalue weighted by atomic mass is 9.93. The fraction of sp³-hybridized carbons (Fsp3) is 0.308. The van der Waals surface area contributed by atoms with Gasteiger partial charge < -0.3 is 0 Å². The van der Waals surface area contributed by atoms with E-state index in [0.29, 0.717) is 17.3 Å². The highest BCUT2D eigenvalue weighted by Gasteiger charge is 2.12. The molecule has 1 aliphatic rings. The van der Waals surface area contributed by atoms with E-state index < -0.39 is 0 Å². The van der Waals surface area contributed by atoms with Crippen molar-refractivity contribution in [1.82, 2.24) is 0 Å². The van der Waals surface area contributed by atoms with Crippen molar-refractivity contribution in [2.45, 2.75) is 25.7 Å². The SMILES string of the molecule is O=C1C=C(Cc2cccc(F)c2Br)CCC1. The Morgan fingerprint density at radius 3 is 2.88 bits per heavy atom. The molecule has 2 rings (SSSR count). The number of carbonyl (C=O) groups excluding carboxylic acids is 1. The van der Waals surface area contributed by atoms with Gasteiger partial charge in [-0.2, -0.15) is 0 Å². The first kappa shape index (κ1) is 11.5. The summed E-state index contributed by atoms with van der Waals surface area (Å²) in [5.41, 5.74) is 2.00. The lowest BCUT2D eigenvalue weighted by Gasteiger charge is -2.13. The Bertz CT molecular complexity index is 451. The maximum absolute atomic E-state index is 13.3. The van der Waals surface area contributed by atoms with Crippen molar-refractivity contribution >= 4 is 21.7 Å². The zero-order valence-corrected chi connectivity index (χ0v) is 10.4. The number of allylic oxidation sites excluding steroid dienone is 2. The molecule has 0 amide bonds. The van der Waals surface area contributed by atoms with E-state index in [2.05, 4.69) is 15.9 Å². The molecule has 0 saturated heterocycles. The van der Waals surface area contributed by atoms with Gasteiger partial charge >= 0.3 is 0 Å². The van der Waals surface area contributed by atoms with Gasteiger partial charge in [0.05, 0.1) is 4.47 Å². The van der Waals surface area contributed by atoms with Crippen LogP contribution < -0.4 is 0 Å². The van der Waals surface area contributed by atoms with E-state index in [0.717, 1.165) is 24.0 Å². The maximum Gasteiger partial charge on any atom is 0.155 e. The van der Waals surface area contributed by atoms with E-state index in [-0.39, 0.29) is 11.6 Å². The summed E-state index contributed by atoms with van der Waals surface area (Å²) >= 11 is 3.23. The number of hydrogen-bond donors (Lipinski definition) is 0. The van der Waals surface area contributed by atoms with Gasteiger partial charge in [-0.05, 0) is 52.9 Å². The predicted octanol–water partition coefficient (Wildman–Crippen LogP) is 3.81. The number of halogens is 2. The van der Waals surface area contributed by atoms with E-state index in [1.54, 1.807) is 12.1 Å². The van der Waals surface area contributed by atoms with Gasteiger partial charge in [0.1, 0.15) is 5.82 Å². The van der Waals surface area contributed by atoms with E-state index in [1.807, 2.05) is 6.07 Å². The van der Waals surface area contributed by atoms with E-state index in [9.17, 15) is 9.18 Å². The molecule has 1 nitrogen and oxygen atoms in total. The van der Waals surface area contributed by atoms with Crippen molar-refractivity contribution < 1.29 is 9.18 Å². The Morgan fingerprint density at radius 2 is 2.12 bits per heavy atom. The molecule has 0 N–H and O–H groups in total. The summed E-state index contributed by atoms with van der Waals surface area (Å²) in [4.78, 5) is 11.3. The van der Waals surface area contributed by atoms with Crippen LogP contribution >= 0.6 is 15.9 Å². The first-order valence-corrected chi connectivity index (χ1v) is 6.11. The molecule has 1 aliphatic carbocycles. The van der Waals surface area contributed by atoms with Crippen LogP contribution in [-0.2, 0) is 11.2 Å². The highest BCUT2D eigenvalue weighted by Crippen LogP contribution is 2.26. The Morgan fingerprint density at radius 1 is 1.31 bits per heavy atom. The number of ketones is 1. The molecule has 0 fully saturated rings. The number of benzene rings is 1. The molecule has 1 aromatic rings. The lowest BCUT2D eigenvalue weighted by Crippen LogP contribution is -2.05. The Balaban J connectivity index is 2.21. The van der Waals surface area contributed by atoms with E-state index in [1.165, 1.54) is 6.07 Å². The minimum Gasteiger partial charge on any atom is -0.295 e. The van der Waals surface area contributed by atoms with Crippen LogP contribution in [0.15, 0.2) is 34.3 Å². The third kappa shape index (κ3) is 2.59. The predicted molar refractivity (Wildman–Crippen MR) is 64.7 cm³/mol. The van der Waals surface area contributed by atoms with Crippen molar-refractivity contribution in [2.75, 3.05) is 0 Å². The summed E-state index contributed by atoms with van der Waals surface area (Å²) in [6.45, 7) is 0. The summed E-state index contributed by atoms with van der Waals surface area (Å²) in [6.07, 6.45) is 4.87. The first-order valence-electron chi connectivity index (χ1n) is 5.32. The average molecular weight is 283 g/mol. The molecule has 0 aromatic heterocycles. The number of carbonyl (C=O) groups is 1. The fourth-order valence-corrected chi connectivity index (χ4v) is 2.34. The standard InChI is InChI=1S/C13H12BrFO/c14-13-10(4-2-6-12(13)15)7-9-3-1-5-11(16)8-9/h2,4,6,8H,1,3,5,7H2. The second-order valence-electron chi connectivity index (χ2n) is 4.01. The zero-order chi connectivity index (χ0) is 11.5. The molecule has 0 atom stereocenters. The molecule has 0 unspecified atom stereocenters. The molecule has 84 valence electrons. The van der Waals surface area contributed by atoms with Crippen LogP contribution in [0, 0.1) is 5.82 Å². The highest BCUT2D eigenvalue weighted by molar-refractivity contribution is 9.10. The van der Waals surface area contributed by atoms with Crippen molar-refractivity contribution in [2.24, 2.45) is 0 Å². The number of hydrogen-bond acceptors (Lipinski definition) is 1. The third-order valence-corrected chi connectivity index (χ3v) is 3.62. The Labute approximate surface area is 102 Å². The average Bonchev–Trinajstić information content (AvgIpc) is 2.25. The van der Waals surface area contributed by atoms with Crippen LogP contribution in [0.25, 0.3) is 0 Å². The fourth-order valence-electron chi connectivity index (χ4n) is 1.93. The Hall–Kier alpha value is -0.960. The van der Waals surface area contributed by atoms with Gasteiger partial charge in [0, 0.05) is 6.42 Å². The van der Waals surface area contributed by atoms with Crippen LogP contribution in [0.5, 0.6) is 0 Å². The molecule has 0 spiro atoms. The van der Waals surface area contributed by atoms with Crippen molar-refractivity contribution in [3.8, 4) is 0 Å². The highest BCUT2D eigenvalue weighted by atomic mass is 79.9. The summed E-state index contributed by atoms with van der Waals surface area (Å²) in [6, 6.07) is 5.00. The normalized spacial score (nSPS) is 16.1. The van der Waals surface area contributed by atoms with E-state index >= 15 is 0 Å². The third-order valence-electron chi connectivity index (χ3n) is 2.74. The van der Waals surface area contributed by atoms with Gasteiger partial charge in [0.2, 0.25) is 0 Å². The van der Waals surface area contributed by atoms with Crippen LogP contribution in [0.1, 0.15) is 24.8 Å². The molecule has 16 heavy (non-hydrogen) atoms. The summed E-state index contributed by atoms with van der Waals surface area (Å²) in [5, 5.41) is 0. The zero-order valence-electron chi connectivity index (χ0n) is 8.80. The van der Waals surface area contributed by atoms with E-state index in [4.69, 9.17) is 0 Å². The van der Waals surface area contributed by atoms with Gasteiger partial charge in [-0.25, -0.2) is 4.39 Å². The second-order valence-corrected chi connectivity index (χ2v) is 4.81. The molecule has 0 heterocycles. The molecule has 0 aliphatic heterocycles. The van der Waals surface area contributed by atoms with Crippen molar-refractivity contribution in [3.05, 3.63) is 45.7 Å². The summed E-state index contributed by atoms with van der Waals surface area (Å²) < 4.78 is 13.8. The minimum absolute atomic E-state index is 0.189. The van der Waals surface area contributed by atoms with Crippen LogP contribution in [-0.4, -0.2) is 5.78 Å². The maximum atomic E-state index is 13.3. The topological polar surface area (TPSA) is 17.1 Å². The van der Waals surface area contributed by atoms with Gasteiger partial charge in [0.25, 0.3) is 0 Å². The van der Waals surface area contributed by atoms with Crippen LogP contribution in [0.2, 0.25) is 0 Å². The summed E-state index contributed by atoms with van der Waals surface area (Å²) in [7, 11) is 0. The van der Waals surface area contributed by atoms with Crippen LogP contribution in [0.3, 0.4) is 0 Å². The quantitative estimate of drug-likeness (QED) is 0.806. The van der Waals surface area contributed by atoms with Crippen molar-refractivity contribution in [3.63, 3.8) is 0 Å². The largest absolute Gasteiger partial charge is 0.295 e. The number of rotatable bonds is 2. The van der Waals surface area contributed by atoms with Gasteiger partial charge in [0.15, 0.2) is 5.78 Å². The lowest BCUT2D eigenvalue weighted by molar-refractivity contribution is -0.115. The summed E-state index contributed by atoms with van der Waals surface area (Å²) in [5.74, 6) is -0.0611. The molecule has 0 radical (unpaired) electrons. The second kappa shape index (κ2) is 4.91. The molecule has 1 aromatic carbocycles. The Kier molecular flexibility index (Phi) is 3.54. The van der Waals surface area contributed by atoms with Crippen LogP contribution in [0.4, 0.5) is 4.39 Å². The smallest absolute Gasteiger partial charge is 0.155 e. The molecule has 0 saturated carbocycles. The molecule has 0 bridgehead atoms. The van der Waals surface area contributed by atoms with Gasteiger partial charge in [-0.3, -0.25) is 4.79 Å². The molecular weight excluding hydrogens is 271 g/mol. The first-order chi connectivity index (χ1) is 7.66. The minimum atomic E-state index is -0.250. The monoisotopic (exact) mass is 282 g/mol. The van der Waals surface area contributed by atoms with Gasteiger partial charge in [-0.1, -0.05) is 17.7 Å². The molecule has 3 heteroatoms.